The molecule has 0 saturated carbocycles. The zero-order valence-corrected chi connectivity index (χ0v) is 24.8. The highest BCUT2D eigenvalue weighted by Crippen LogP contribution is 2.45. The Kier molecular flexibility index (Phi) is 9.95. The molecule has 1 aromatic heterocycles. The number of aromatic nitrogens is 1. The molecule has 1 unspecified atom stereocenters. The summed E-state index contributed by atoms with van der Waals surface area (Å²) in [6.45, 7) is 8.18. The maximum absolute atomic E-state index is 13.6. The first-order chi connectivity index (χ1) is 20.2. The molecule has 1 aliphatic rings. The minimum absolute atomic E-state index is 0.0821. The van der Waals surface area contributed by atoms with Gasteiger partial charge in [0.1, 0.15) is 16.5 Å². The molecule has 0 spiro atoms. The van der Waals surface area contributed by atoms with Crippen molar-refractivity contribution in [1.82, 2.24) is 4.98 Å². The molecular weight excluding hydrogens is 563 g/mol. The number of unbranched alkanes of at least 4 members (excludes halogenated alkanes) is 2. The van der Waals surface area contributed by atoms with Gasteiger partial charge in [-0.25, -0.2) is 14.2 Å². The minimum atomic E-state index is -1.14. The fraction of sp³-hybridized carbons (Fsp3) is 0.355. The van der Waals surface area contributed by atoms with Gasteiger partial charge in [0, 0.05) is 5.56 Å². The number of aliphatic hydroxyl groups excluding tert-OH is 1. The smallest absolute Gasteiger partial charge is 0.350 e. The largest absolute Gasteiger partial charge is 0.507 e. The third-order valence-electron chi connectivity index (χ3n) is 6.60. The third kappa shape index (κ3) is 6.30. The lowest BCUT2D eigenvalue weighted by atomic mass is 9.95. The first-order valence-electron chi connectivity index (χ1n) is 13.8. The maximum Gasteiger partial charge on any atom is 0.350 e. The van der Waals surface area contributed by atoms with Crippen molar-refractivity contribution in [2.45, 2.75) is 53.0 Å². The van der Waals surface area contributed by atoms with Crippen molar-refractivity contribution in [1.29, 1.82) is 0 Å². The summed E-state index contributed by atoms with van der Waals surface area (Å²) < 4.78 is 30.6. The number of halogens is 1. The highest BCUT2D eigenvalue weighted by atomic mass is 32.1. The second-order valence-corrected chi connectivity index (χ2v) is 10.5. The van der Waals surface area contributed by atoms with Gasteiger partial charge in [0.2, 0.25) is 0 Å². The fourth-order valence-electron chi connectivity index (χ4n) is 4.60. The molecular formula is C31H33FN2O7S. The van der Waals surface area contributed by atoms with E-state index in [-0.39, 0.29) is 27.8 Å². The van der Waals surface area contributed by atoms with Gasteiger partial charge in [0.25, 0.3) is 5.78 Å². The van der Waals surface area contributed by atoms with Gasteiger partial charge in [-0.15, -0.1) is 0 Å². The minimum Gasteiger partial charge on any atom is -0.507 e. The zero-order valence-electron chi connectivity index (χ0n) is 23.9. The number of esters is 1. The van der Waals surface area contributed by atoms with Crippen LogP contribution in [0.1, 0.15) is 72.6 Å². The van der Waals surface area contributed by atoms with Crippen molar-refractivity contribution in [3.63, 3.8) is 0 Å². The molecule has 1 saturated heterocycles. The molecule has 4 rings (SSSR count). The number of rotatable bonds is 12. The number of amides is 1. The monoisotopic (exact) mass is 596 g/mol. The molecule has 11 heteroatoms. The van der Waals surface area contributed by atoms with Crippen LogP contribution in [0, 0.1) is 12.7 Å². The van der Waals surface area contributed by atoms with E-state index >= 15 is 0 Å². The molecule has 0 aliphatic carbocycles. The molecule has 1 fully saturated rings. The summed E-state index contributed by atoms with van der Waals surface area (Å²) in [6, 6.07) is 8.84. The Morgan fingerprint density at radius 2 is 1.76 bits per heavy atom. The molecule has 222 valence electrons. The topological polar surface area (TPSA) is 115 Å². The SMILES string of the molecule is CCCCCOc1ccc(C2C(=C(O)c3ccc(F)cc3)C(=O)C(=O)N2c2nc(C)c(C(=O)OCC)s2)cc1OCC. The normalized spacial score (nSPS) is 16.1. The maximum atomic E-state index is 13.6. The van der Waals surface area contributed by atoms with Gasteiger partial charge in [0.15, 0.2) is 16.6 Å². The summed E-state index contributed by atoms with van der Waals surface area (Å²) in [5.74, 6) is -2.58. The molecule has 0 bridgehead atoms. The summed E-state index contributed by atoms with van der Waals surface area (Å²) in [5.41, 5.74) is 0.713. The lowest BCUT2D eigenvalue weighted by Gasteiger charge is -2.24. The number of Topliss-reactive ketones (excluding diaryl/α,β-unsaturated/α-hetero) is 1. The van der Waals surface area contributed by atoms with Crippen LogP contribution in [0.2, 0.25) is 0 Å². The Balaban J connectivity index is 1.87. The van der Waals surface area contributed by atoms with Crippen LogP contribution in [0.5, 0.6) is 11.5 Å². The van der Waals surface area contributed by atoms with E-state index < -0.39 is 35.3 Å². The number of thiazole rings is 1. The van der Waals surface area contributed by atoms with Crippen molar-refractivity contribution < 1.29 is 38.1 Å². The lowest BCUT2D eigenvalue weighted by molar-refractivity contribution is -0.132. The van der Waals surface area contributed by atoms with E-state index in [2.05, 4.69) is 11.9 Å². The number of nitrogens with zero attached hydrogens (tertiary/aromatic N) is 2. The van der Waals surface area contributed by atoms with Gasteiger partial charge in [-0.3, -0.25) is 14.5 Å². The van der Waals surface area contributed by atoms with Crippen LogP contribution < -0.4 is 14.4 Å². The average Bonchev–Trinajstić information content (AvgIpc) is 3.48. The van der Waals surface area contributed by atoms with Gasteiger partial charge in [-0.05, 0) is 69.2 Å². The summed E-state index contributed by atoms with van der Waals surface area (Å²) >= 11 is 0.911. The quantitative estimate of drug-likeness (QED) is 0.0844. The number of anilines is 1. The Hall–Kier alpha value is -4.25. The van der Waals surface area contributed by atoms with E-state index in [1.165, 1.54) is 12.1 Å². The number of ether oxygens (including phenoxy) is 3. The summed E-state index contributed by atoms with van der Waals surface area (Å²) in [5, 5.41) is 11.4. The van der Waals surface area contributed by atoms with Crippen LogP contribution in [-0.2, 0) is 14.3 Å². The summed E-state index contributed by atoms with van der Waals surface area (Å²) in [4.78, 5) is 45.4. The van der Waals surface area contributed by atoms with E-state index in [0.717, 1.165) is 47.6 Å². The van der Waals surface area contributed by atoms with Crippen LogP contribution in [0.25, 0.3) is 5.76 Å². The van der Waals surface area contributed by atoms with Crippen LogP contribution in [0.15, 0.2) is 48.0 Å². The number of aliphatic hydroxyl groups is 1. The second-order valence-electron chi connectivity index (χ2n) is 9.50. The number of carbonyl (C=O) groups is 3. The Bertz CT molecular complexity index is 1500. The number of ketones is 1. The average molecular weight is 597 g/mol. The molecule has 1 N–H and O–H groups in total. The first kappa shape index (κ1) is 30.7. The molecule has 3 aromatic rings. The van der Waals surface area contributed by atoms with Crippen LogP contribution in [-0.4, -0.2) is 47.6 Å². The number of carbonyl (C=O) groups excluding carboxylic acids is 3. The highest BCUT2D eigenvalue weighted by molar-refractivity contribution is 7.17. The molecule has 1 amide bonds. The van der Waals surface area contributed by atoms with E-state index in [0.29, 0.717) is 36.0 Å². The lowest BCUT2D eigenvalue weighted by Crippen LogP contribution is -2.29. The predicted molar refractivity (Wildman–Crippen MR) is 157 cm³/mol. The molecule has 1 atom stereocenters. The van der Waals surface area contributed by atoms with Crippen molar-refractivity contribution in [2.75, 3.05) is 24.7 Å². The van der Waals surface area contributed by atoms with Gasteiger partial charge >= 0.3 is 11.9 Å². The van der Waals surface area contributed by atoms with E-state index in [1.807, 2.05) is 6.92 Å². The van der Waals surface area contributed by atoms with Crippen molar-refractivity contribution in [2.24, 2.45) is 0 Å². The van der Waals surface area contributed by atoms with Gasteiger partial charge in [-0.2, -0.15) is 0 Å². The fourth-order valence-corrected chi connectivity index (χ4v) is 5.58. The summed E-state index contributed by atoms with van der Waals surface area (Å²) in [6.07, 6.45) is 2.93. The number of hydrogen-bond donors (Lipinski definition) is 1. The molecule has 42 heavy (non-hydrogen) atoms. The Morgan fingerprint density at radius 3 is 2.43 bits per heavy atom. The van der Waals surface area contributed by atoms with Crippen molar-refractivity contribution in [3.05, 3.63) is 75.6 Å². The molecule has 2 aromatic carbocycles. The molecule has 2 heterocycles. The zero-order chi connectivity index (χ0) is 30.4. The van der Waals surface area contributed by atoms with Crippen LogP contribution >= 0.6 is 11.3 Å². The number of benzene rings is 2. The van der Waals surface area contributed by atoms with Gasteiger partial charge in [0.05, 0.1) is 37.1 Å². The third-order valence-corrected chi connectivity index (χ3v) is 7.74. The predicted octanol–water partition coefficient (Wildman–Crippen LogP) is 6.36. The van der Waals surface area contributed by atoms with Crippen LogP contribution in [0.3, 0.4) is 0 Å². The van der Waals surface area contributed by atoms with E-state index in [1.54, 1.807) is 32.0 Å². The van der Waals surface area contributed by atoms with E-state index in [4.69, 9.17) is 14.2 Å². The molecule has 9 nitrogen and oxygen atoms in total. The molecule has 0 radical (unpaired) electrons. The Labute approximate surface area is 247 Å². The van der Waals surface area contributed by atoms with E-state index in [9.17, 15) is 23.9 Å². The standard InChI is InChI=1S/C31H33FN2O7S/c1-5-8-9-16-41-22-15-12-20(17-23(22)39-6-2)25-24(26(35)19-10-13-21(32)14-11-19)27(36)29(37)34(25)31-33-18(4)28(42-31)30(38)40-7-3/h10-15,17,25,35H,5-9,16H2,1-4H3. The number of aryl methyl sites for hydroxylation is 1. The highest BCUT2D eigenvalue weighted by Gasteiger charge is 2.48. The van der Waals surface area contributed by atoms with Gasteiger partial charge in [-0.1, -0.05) is 37.2 Å². The van der Waals surface area contributed by atoms with Crippen molar-refractivity contribution >= 4 is 39.9 Å². The van der Waals surface area contributed by atoms with Crippen LogP contribution in [0.4, 0.5) is 9.52 Å². The van der Waals surface area contributed by atoms with Gasteiger partial charge < -0.3 is 19.3 Å². The van der Waals surface area contributed by atoms with Crippen molar-refractivity contribution in [3.8, 4) is 11.5 Å². The molecule has 1 aliphatic heterocycles. The summed E-state index contributed by atoms with van der Waals surface area (Å²) in [7, 11) is 0. The first-order valence-corrected chi connectivity index (χ1v) is 14.6. The second kappa shape index (κ2) is 13.6. The Morgan fingerprint density at radius 1 is 1.02 bits per heavy atom. The number of hydrogen-bond acceptors (Lipinski definition) is 9.